The van der Waals surface area contributed by atoms with Crippen molar-refractivity contribution in [2.75, 3.05) is 13.7 Å². The maximum Gasteiger partial charge on any atom is 0.215 e. The number of hydrogen-bond donors (Lipinski definition) is 1. The van der Waals surface area contributed by atoms with Gasteiger partial charge >= 0.3 is 0 Å². The second-order valence-electron chi connectivity index (χ2n) is 4.60. The number of nitrogens with one attached hydrogen (secondary N) is 1. The molecule has 0 fully saturated rings. The zero-order chi connectivity index (χ0) is 14.7. The zero-order valence-electron chi connectivity index (χ0n) is 12.0. The molecule has 3 rings (SSSR count). The van der Waals surface area contributed by atoms with Gasteiger partial charge in [-0.2, -0.15) is 4.98 Å². The van der Waals surface area contributed by atoms with E-state index in [0.29, 0.717) is 18.1 Å². The van der Waals surface area contributed by atoms with Crippen LogP contribution < -0.4 is 4.74 Å². The van der Waals surface area contributed by atoms with Crippen molar-refractivity contribution in [2.45, 2.75) is 13.0 Å². The van der Waals surface area contributed by atoms with Gasteiger partial charge in [-0.05, 0) is 18.6 Å². The van der Waals surface area contributed by atoms with E-state index in [4.69, 9.17) is 9.47 Å². The summed E-state index contributed by atoms with van der Waals surface area (Å²) in [5.74, 6) is 1.32. The van der Waals surface area contributed by atoms with E-state index in [9.17, 15) is 0 Å². The predicted molar refractivity (Wildman–Crippen MR) is 80.4 cm³/mol. The fourth-order valence-corrected chi connectivity index (χ4v) is 2.28. The molecule has 5 heteroatoms. The first-order valence-electron chi connectivity index (χ1n) is 6.89. The van der Waals surface area contributed by atoms with E-state index in [-0.39, 0.29) is 6.10 Å². The molecule has 0 saturated heterocycles. The zero-order valence-corrected chi connectivity index (χ0v) is 12.0. The molecule has 0 radical (unpaired) electrons. The minimum atomic E-state index is -0.240. The third kappa shape index (κ3) is 2.73. The van der Waals surface area contributed by atoms with Crippen LogP contribution in [0.1, 0.15) is 24.4 Å². The van der Waals surface area contributed by atoms with Crippen LogP contribution in [-0.4, -0.2) is 28.7 Å². The molecule has 3 aromatic rings. The van der Waals surface area contributed by atoms with Crippen LogP contribution in [0, 0.1) is 0 Å². The van der Waals surface area contributed by atoms with Crippen LogP contribution in [0.25, 0.3) is 11.2 Å². The summed E-state index contributed by atoms with van der Waals surface area (Å²) in [5.41, 5.74) is 2.55. The Morgan fingerprint density at radius 1 is 1.10 bits per heavy atom. The number of fused-ring (bicyclic) bond motifs is 1. The van der Waals surface area contributed by atoms with E-state index in [1.165, 1.54) is 0 Å². The lowest BCUT2D eigenvalue weighted by Crippen LogP contribution is -2.05. The number of nitrogens with zero attached hydrogens (tertiary/aromatic N) is 2. The van der Waals surface area contributed by atoms with Crippen LogP contribution in [0.2, 0.25) is 0 Å². The monoisotopic (exact) mass is 283 g/mol. The molecule has 1 N–H and O–H groups in total. The number of methoxy groups -OCH3 is 1. The topological polar surface area (TPSA) is 60.0 Å². The fraction of sp³-hybridized carbons (Fsp3) is 0.250. The number of pyridine rings is 1. The number of benzene rings is 1. The van der Waals surface area contributed by atoms with Gasteiger partial charge < -0.3 is 14.5 Å². The van der Waals surface area contributed by atoms with Gasteiger partial charge in [0.2, 0.25) is 5.88 Å². The molecule has 0 aliphatic carbocycles. The number of aromatic nitrogens is 3. The molecule has 108 valence electrons. The van der Waals surface area contributed by atoms with E-state index in [1.54, 1.807) is 7.11 Å². The Kier molecular flexibility index (Phi) is 3.83. The van der Waals surface area contributed by atoms with Gasteiger partial charge in [-0.3, -0.25) is 0 Å². The Morgan fingerprint density at radius 3 is 2.62 bits per heavy atom. The molecule has 2 heterocycles. The lowest BCUT2D eigenvalue weighted by Gasteiger charge is -2.12. The molecule has 5 nitrogen and oxygen atoms in total. The number of ether oxygens (including phenoxy) is 2. The SMILES string of the molecule is CCOc1ccc2[nH]c(C(OC)c3ccccc3)nc2n1. The van der Waals surface area contributed by atoms with Crippen molar-refractivity contribution in [3.05, 3.63) is 53.9 Å². The summed E-state index contributed by atoms with van der Waals surface area (Å²) >= 11 is 0. The highest BCUT2D eigenvalue weighted by molar-refractivity contribution is 5.71. The van der Waals surface area contributed by atoms with Crippen LogP contribution in [0.5, 0.6) is 5.88 Å². The molecular weight excluding hydrogens is 266 g/mol. The number of hydrogen-bond acceptors (Lipinski definition) is 4. The van der Waals surface area contributed by atoms with Gasteiger partial charge in [0.25, 0.3) is 0 Å². The number of aromatic amines is 1. The van der Waals surface area contributed by atoms with Crippen LogP contribution in [-0.2, 0) is 4.74 Å². The summed E-state index contributed by atoms with van der Waals surface area (Å²) < 4.78 is 11.0. The van der Waals surface area contributed by atoms with Gasteiger partial charge in [0.1, 0.15) is 11.9 Å². The van der Waals surface area contributed by atoms with Crippen LogP contribution >= 0.6 is 0 Å². The average Bonchev–Trinajstić information content (AvgIpc) is 2.92. The first-order chi connectivity index (χ1) is 10.3. The Labute approximate surface area is 123 Å². The van der Waals surface area contributed by atoms with E-state index in [0.717, 1.165) is 16.9 Å². The maximum absolute atomic E-state index is 5.58. The molecule has 0 spiro atoms. The van der Waals surface area contributed by atoms with Crippen molar-refractivity contribution < 1.29 is 9.47 Å². The second kappa shape index (κ2) is 5.93. The van der Waals surface area contributed by atoms with E-state index >= 15 is 0 Å². The third-order valence-electron chi connectivity index (χ3n) is 3.22. The predicted octanol–water partition coefficient (Wildman–Crippen LogP) is 3.09. The summed E-state index contributed by atoms with van der Waals surface area (Å²) in [5, 5.41) is 0. The van der Waals surface area contributed by atoms with Crippen LogP contribution in [0.15, 0.2) is 42.5 Å². The molecule has 1 atom stereocenters. The third-order valence-corrected chi connectivity index (χ3v) is 3.22. The summed E-state index contributed by atoms with van der Waals surface area (Å²) in [6.07, 6.45) is -0.240. The van der Waals surface area contributed by atoms with Gasteiger partial charge in [-0.25, -0.2) is 4.98 Å². The summed E-state index contributed by atoms with van der Waals surface area (Å²) in [6, 6.07) is 13.7. The van der Waals surface area contributed by atoms with E-state index in [1.807, 2.05) is 49.4 Å². The van der Waals surface area contributed by atoms with Gasteiger partial charge in [0.15, 0.2) is 5.65 Å². The van der Waals surface area contributed by atoms with Crippen molar-refractivity contribution in [3.63, 3.8) is 0 Å². The van der Waals surface area contributed by atoms with Crippen molar-refractivity contribution >= 4 is 11.2 Å². The van der Waals surface area contributed by atoms with Gasteiger partial charge in [-0.1, -0.05) is 30.3 Å². The molecule has 1 aromatic carbocycles. The minimum Gasteiger partial charge on any atom is -0.478 e. The molecule has 0 aliphatic rings. The van der Waals surface area contributed by atoms with Crippen LogP contribution in [0.3, 0.4) is 0 Å². The van der Waals surface area contributed by atoms with E-state index < -0.39 is 0 Å². The van der Waals surface area contributed by atoms with Gasteiger partial charge in [0, 0.05) is 13.2 Å². The Hall–Kier alpha value is -2.40. The quantitative estimate of drug-likeness (QED) is 0.781. The summed E-state index contributed by atoms with van der Waals surface area (Å²) in [4.78, 5) is 12.2. The highest BCUT2D eigenvalue weighted by Gasteiger charge is 2.17. The van der Waals surface area contributed by atoms with E-state index in [2.05, 4.69) is 15.0 Å². The molecule has 1 unspecified atom stereocenters. The molecular formula is C16H17N3O2. The lowest BCUT2D eigenvalue weighted by atomic mass is 10.1. The van der Waals surface area contributed by atoms with Crippen molar-refractivity contribution in [1.82, 2.24) is 15.0 Å². The standard InChI is InChI=1S/C16H17N3O2/c1-3-21-13-10-9-12-15(18-13)19-16(17-12)14(20-2)11-7-5-4-6-8-11/h4-10,14H,3H2,1-2H3,(H,17,18,19). The molecule has 0 aliphatic heterocycles. The second-order valence-corrected chi connectivity index (χ2v) is 4.60. The highest BCUT2D eigenvalue weighted by atomic mass is 16.5. The Bertz CT molecular complexity index is 725. The first kappa shape index (κ1) is 13.6. The maximum atomic E-state index is 5.58. The van der Waals surface area contributed by atoms with Gasteiger partial charge in [-0.15, -0.1) is 0 Å². The smallest absolute Gasteiger partial charge is 0.215 e. The molecule has 0 amide bonds. The van der Waals surface area contributed by atoms with Crippen molar-refractivity contribution in [2.24, 2.45) is 0 Å². The van der Waals surface area contributed by atoms with Crippen molar-refractivity contribution in [3.8, 4) is 5.88 Å². The molecule has 21 heavy (non-hydrogen) atoms. The molecule has 2 aromatic heterocycles. The summed E-state index contributed by atoms with van der Waals surface area (Å²) in [7, 11) is 1.67. The number of rotatable bonds is 5. The first-order valence-corrected chi connectivity index (χ1v) is 6.89. The average molecular weight is 283 g/mol. The highest BCUT2D eigenvalue weighted by Crippen LogP contribution is 2.25. The van der Waals surface area contributed by atoms with Crippen LogP contribution in [0.4, 0.5) is 0 Å². The lowest BCUT2D eigenvalue weighted by molar-refractivity contribution is 0.130. The number of imidazole rings is 1. The van der Waals surface area contributed by atoms with Crippen molar-refractivity contribution in [1.29, 1.82) is 0 Å². The molecule has 0 bridgehead atoms. The minimum absolute atomic E-state index is 0.240. The largest absolute Gasteiger partial charge is 0.478 e. The fourth-order valence-electron chi connectivity index (χ4n) is 2.28. The normalized spacial score (nSPS) is 12.5. The number of H-pyrrole nitrogens is 1. The van der Waals surface area contributed by atoms with Gasteiger partial charge in [0.05, 0.1) is 12.1 Å². The Morgan fingerprint density at radius 2 is 1.90 bits per heavy atom. The Balaban J connectivity index is 1.99. The summed E-state index contributed by atoms with van der Waals surface area (Å²) in [6.45, 7) is 2.51. The molecule has 0 saturated carbocycles.